The van der Waals surface area contributed by atoms with Gasteiger partial charge in [0.15, 0.2) is 0 Å². The molecule has 4 heteroatoms. The van der Waals surface area contributed by atoms with Gasteiger partial charge in [-0.1, -0.05) is 6.92 Å². The zero-order valence-corrected chi connectivity index (χ0v) is 7.47. The highest BCUT2D eigenvalue weighted by Crippen LogP contribution is 2.29. The number of carboxylic acids is 1. The fourth-order valence-corrected chi connectivity index (χ4v) is 1.91. The van der Waals surface area contributed by atoms with Crippen molar-refractivity contribution in [1.82, 2.24) is 9.55 Å². The van der Waals surface area contributed by atoms with Crippen molar-refractivity contribution in [2.75, 3.05) is 0 Å². The van der Waals surface area contributed by atoms with Crippen LogP contribution in [-0.4, -0.2) is 20.6 Å². The molecule has 2 atom stereocenters. The molecule has 70 valence electrons. The number of rotatable bonds is 1. The second-order valence-electron chi connectivity index (χ2n) is 3.67. The predicted octanol–water partition coefficient (Wildman–Crippen LogP) is 1.09. The summed E-state index contributed by atoms with van der Waals surface area (Å²) in [4.78, 5) is 15.0. The Bertz CT molecular complexity index is 332. The van der Waals surface area contributed by atoms with Gasteiger partial charge in [-0.05, 0) is 12.3 Å². The van der Waals surface area contributed by atoms with Gasteiger partial charge in [0.05, 0.1) is 0 Å². The van der Waals surface area contributed by atoms with Crippen molar-refractivity contribution in [3.05, 3.63) is 18.2 Å². The molecule has 0 saturated carbocycles. The molecule has 1 aliphatic heterocycles. The topological polar surface area (TPSA) is 55.1 Å². The molecule has 0 fully saturated rings. The van der Waals surface area contributed by atoms with Gasteiger partial charge < -0.3 is 9.67 Å². The fourth-order valence-electron chi connectivity index (χ4n) is 1.91. The lowest BCUT2D eigenvalue weighted by molar-refractivity contribution is -0.139. The van der Waals surface area contributed by atoms with Gasteiger partial charge in [0.25, 0.3) is 0 Å². The minimum atomic E-state index is -0.765. The number of fused-ring (bicyclic) bond motifs is 1. The van der Waals surface area contributed by atoms with E-state index in [1.54, 1.807) is 6.20 Å². The molecule has 1 aromatic rings. The number of hydrogen-bond donors (Lipinski definition) is 1. The second kappa shape index (κ2) is 2.87. The first-order valence-electron chi connectivity index (χ1n) is 4.42. The quantitative estimate of drug-likeness (QED) is 0.703. The Morgan fingerprint density at radius 3 is 3.23 bits per heavy atom. The zero-order valence-electron chi connectivity index (χ0n) is 7.47. The number of carbonyl (C=O) groups is 1. The van der Waals surface area contributed by atoms with Crippen LogP contribution in [-0.2, 0) is 11.3 Å². The van der Waals surface area contributed by atoms with Crippen molar-refractivity contribution in [3.8, 4) is 0 Å². The van der Waals surface area contributed by atoms with Gasteiger partial charge >= 0.3 is 5.97 Å². The normalized spacial score (nSPS) is 26.8. The summed E-state index contributed by atoms with van der Waals surface area (Å²) in [5, 5.41) is 8.97. The van der Waals surface area contributed by atoms with E-state index in [1.165, 1.54) is 0 Å². The Hall–Kier alpha value is -1.32. The highest BCUT2D eigenvalue weighted by molar-refractivity contribution is 5.75. The highest BCUT2D eigenvalue weighted by atomic mass is 16.4. The maximum absolute atomic E-state index is 10.9. The lowest BCUT2D eigenvalue weighted by atomic mass is 9.91. The summed E-state index contributed by atoms with van der Waals surface area (Å²) >= 11 is 0. The zero-order chi connectivity index (χ0) is 9.42. The monoisotopic (exact) mass is 180 g/mol. The van der Waals surface area contributed by atoms with Crippen LogP contribution in [0.15, 0.2) is 12.4 Å². The summed E-state index contributed by atoms with van der Waals surface area (Å²) in [5.41, 5.74) is 0. The summed E-state index contributed by atoms with van der Waals surface area (Å²) in [6.45, 7) is 2.96. The van der Waals surface area contributed by atoms with E-state index in [-0.39, 0.29) is 0 Å². The Kier molecular flexibility index (Phi) is 1.83. The van der Waals surface area contributed by atoms with Crippen LogP contribution in [0.5, 0.6) is 0 Å². The Balaban J connectivity index is 2.38. The summed E-state index contributed by atoms with van der Waals surface area (Å²) in [5.74, 6) is -0.0637. The van der Waals surface area contributed by atoms with E-state index in [1.807, 2.05) is 10.8 Å². The third kappa shape index (κ3) is 1.32. The molecule has 0 aromatic carbocycles. The number of hydrogen-bond acceptors (Lipinski definition) is 2. The molecule has 13 heavy (non-hydrogen) atoms. The van der Waals surface area contributed by atoms with Gasteiger partial charge in [0.2, 0.25) is 0 Å². The molecular formula is C9H12N2O2. The summed E-state index contributed by atoms with van der Waals surface area (Å²) in [6.07, 6.45) is 4.22. The number of nitrogens with zero attached hydrogens (tertiary/aromatic N) is 2. The first kappa shape index (κ1) is 8.29. The van der Waals surface area contributed by atoms with Gasteiger partial charge in [0, 0.05) is 18.9 Å². The number of aliphatic carboxylic acids is 1. The minimum absolute atomic E-state index is 0.418. The van der Waals surface area contributed by atoms with E-state index in [0.717, 1.165) is 6.54 Å². The summed E-state index contributed by atoms with van der Waals surface area (Å²) in [7, 11) is 0. The average Bonchev–Trinajstić information content (AvgIpc) is 2.49. The third-order valence-electron chi connectivity index (χ3n) is 2.50. The van der Waals surface area contributed by atoms with Crippen LogP contribution in [0.1, 0.15) is 25.1 Å². The summed E-state index contributed by atoms with van der Waals surface area (Å²) < 4.78 is 1.94. The summed E-state index contributed by atoms with van der Waals surface area (Å²) in [6, 6.07) is 0. The molecule has 0 unspecified atom stereocenters. The molecule has 0 bridgehead atoms. The van der Waals surface area contributed by atoms with Crippen LogP contribution < -0.4 is 0 Å². The van der Waals surface area contributed by atoms with Crippen molar-refractivity contribution in [2.24, 2.45) is 5.92 Å². The van der Waals surface area contributed by atoms with Gasteiger partial charge in [-0.2, -0.15) is 0 Å². The second-order valence-corrected chi connectivity index (χ2v) is 3.67. The van der Waals surface area contributed by atoms with E-state index in [4.69, 9.17) is 5.11 Å². The van der Waals surface area contributed by atoms with Crippen molar-refractivity contribution in [3.63, 3.8) is 0 Å². The average molecular weight is 180 g/mol. The van der Waals surface area contributed by atoms with Gasteiger partial charge in [-0.3, -0.25) is 4.79 Å². The van der Waals surface area contributed by atoms with Crippen molar-refractivity contribution < 1.29 is 9.90 Å². The van der Waals surface area contributed by atoms with Crippen LogP contribution >= 0.6 is 0 Å². The van der Waals surface area contributed by atoms with Crippen LogP contribution in [0.3, 0.4) is 0 Å². The molecule has 0 radical (unpaired) electrons. The van der Waals surface area contributed by atoms with Crippen molar-refractivity contribution in [1.29, 1.82) is 0 Å². The van der Waals surface area contributed by atoms with E-state index in [2.05, 4.69) is 11.9 Å². The minimum Gasteiger partial charge on any atom is -0.481 e. The molecule has 2 rings (SSSR count). The largest absolute Gasteiger partial charge is 0.481 e. The van der Waals surface area contributed by atoms with Gasteiger partial charge in [0.1, 0.15) is 11.7 Å². The number of carboxylic acid groups (broad SMARTS) is 1. The van der Waals surface area contributed by atoms with E-state index in [0.29, 0.717) is 18.2 Å². The lowest BCUT2D eigenvalue weighted by Crippen LogP contribution is -2.26. The molecule has 0 spiro atoms. The molecule has 1 aliphatic rings. The maximum atomic E-state index is 10.9. The fraction of sp³-hybridized carbons (Fsp3) is 0.556. The number of aromatic nitrogens is 2. The van der Waals surface area contributed by atoms with E-state index < -0.39 is 11.9 Å². The molecule has 1 aromatic heterocycles. The SMILES string of the molecule is C[C@H]1C[C@H](C(=O)O)c2nccn2C1. The molecule has 0 saturated heterocycles. The highest BCUT2D eigenvalue weighted by Gasteiger charge is 2.30. The van der Waals surface area contributed by atoms with Crippen molar-refractivity contribution >= 4 is 5.97 Å². The molecule has 2 heterocycles. The smallest absolute Gasteiger partial charge is 0.314 e. The molecular weight excluding hydrogens is 168 g/mol. The number of imidazole rings is 1. The predicted molar refractivity (Wildman–Crippen MR) is 46.4 cm³/mol. The Morgan fingerprint density at radius 1 is 1.77 bits per heavy atom. The van der Waals surface area contributed by atoms with E-state index in [9.17, 15) is 4.79 Å². The molecule has 0 amide bonds. The van der Waals surface area contributed by atoms with E-state index >= 15 is 0 Å². The van der Waals surface area contributed by atoms with Crippen molar-refractivity contribution in [2.45, 2.75) is 25.8 Å². The molecule has 4 nitrogen and oxygen atoms in total. The molecule has 0 aliphatic carbocycles. The van der Waals surface area contributed by atoms with Gasteiger partial charge in [-0.25, -0.2) is 4.98 Å². The first-order chi connectivity index (χ1) is 6.18. The van der Waals surface area contributed by atoms with Crippen LogP contribution in [0.4, 0.5) is 0 Å². The van der Waals surface area contributed by atoms with Crippen LogP contribution in [0.2, 0.25) is 0 Å². The first-order valence-corrected chi connectivity index (χ1v) is 4.42. The third-order valence-corrected chi connectivity index (χ3v) is 2.50. The Morgan fingerprint density at radius 2 is 2.54 bits per heavy atom. The Labute approximate surface area is 76.2 Å². The van der Waals surface area contributed by atoms with Crippen LogP contribution in [0, 0.1) is 5.92 Å². The maximum Gasteiger partial charge on any atom is 0.314 e. The van der Waals surface area contributed by atoms with Crippen LogP contribution in [0.25, 0.3) is 0 Å². The standard InChI is InChI=1S/C9H12N2O2/c1-6-4-7(9(12)13)8-10-2-3-11(8)5-6/h2-3,6-7H,4-5H2,1H3,(H,12,13)/t6-,7-/m0/s1. The lowest BCUT2D eigenvalue weighted by Gasteiger charge is -2.25. The molecule has 1 N–H and O–H groups in total. The van der Waals surface area contributed by atoms with Gasteiger partial charge in [-0.15, -0.1) is 0 Å².